The van der Waals surface area contributed by atoms with Crippen molar-refractivity contribution in [3.8, 4) is 0 Å². The number of allylic oxidation sites excluding steroid dienone is 6. The van der Waals surface area contributed by atoms with Crippen LogP contribution in [0, 0.1) is 0 Å². The summed E-state index contributed by atoms with van der Waals surface area (Å²) in [6, 6.07) is 8.70. The summed E-state index contributed by atoms with van der Waals surface area (Å²) < 4.78 is 0. The molecule has 0 atom stereocenters. The third-order valence-electron chi connectivity index (χ3n) is 4.57. The number of rotatable bonds is 10. The zero-order valence-electron chi connectivity index (χ0n) is 15.6. The SMILES string of the molecule is C=CC1=CC=CCC(CN(CCCC)CCc2cccc(C=C)c2)=C1. The minimum atomic E-state index is 1.03. The van der Waals surface area contributed by atoms with Crippen molar-refractivity contribution >= 4 is 6.08 Å². The molecule has 0 N–H and O–H groups in total. The van der Waals surface area contributed by atoms with Gasteiger partial charge in [-0.15, -0.1) is 0 Å². The number of benzene rings is 1. The molecule has 0 aliphatic heterocycles. The predicted octanol–water partition coefficient (Wildman–Crippen LogP) is 5.97. The Morgan fingerprint density at radius 3 is 2.80 bits per heavy atom. The molecule has 0 bridgehead atoms. The van der Waals surface area contributed by atoms with Crippen molar-refractivity contribution in [1.29, 1.82) is 0 Å². The lowest BCUT2D eigenvalue weighted by molar-refractivity contribution is 0.293. The predicted molar refractivity (Wildman–Crippen MR) is 112 cm³/mol. The van der Waals surface area contributed by atoms with Crippen LogP contribution in [0.2, 0.25) is 0 Å². The average molecular weight is 334 g/mol. The summed E-state index contributed by atoms with van der Waals surface area (Å²) in [5.41, 5.74) is 5.27. The standard InChI is InChI=1S/C24H31N/c1-4-7-16-25(17-15-23-14-10-13-22(6-3)18-23)20-24-12-9-8-11-21(5-2)19-24/h5-6,8-11,13-14,18-19H,2-4,7,12,15-17,20H2,1H3. The molecule has 132 valence electrons. The molecular formula is C24H31N. The highest BCUT2D eigenvalue weighted by Gasteiger charge is 2.09. The van der Waals surface area contributed by atoms with Gasteiger partial charge in [0.15, 0.2) is 0 Å². The Labute approximate surface area is 153 Å². The van der Waals surface area contributed by atoms with E-state index in [4.69, 9.17) is 0 Å². The zero-order chi connectivity index (χ0) is 17.9. The lowest BCUT2D eigenvalue weighted by Gasteiger charge is -2.23. The van der Waals surface area contributed by atoms with Crippen LogP contribution < -0.4 is 0 Å². The molecule has 0 saturated carbocycles. The van der Waals surface area contributed by atoms with Crippen LogP contribution in [0.15, 0.2) is 78.9 Å². The highest BCUT2D eigenvalue weighted by Crippen LogP contribution is 2.16. The fourth-order valence-corrected chi connectivity index (χ4v) is 3.08. The Hall–Kier alpha value is -2.12. The van der Waals surface area contributed by atoms with Crippen molar-refractivity contribution < 1.29 is 0 Å². The molecule has 0 unspecified atom stereocenters. The van der Waals surface area contributed by atoms with Gasteiger partial charge in [0.2, 0.25) is 0 Å². The van der Waals surface area contributed by atoms with E-state index >= 15 is 0 Å². The third kappa shape index (κ3) is 6.72. The van der Waals surface area contributed by atoms with Gasteiger partial charge in [0, 0.05) is 13.1 Å². The normalized spacial score (nSPS) is 14.0. The maximum absolute atomic E-state index is 3.91. The molecule has 0 heterocycles. The fraction of sp³-hybridized carbons (Fsp3) is 0.333. The Bertz CT molecular complexity index is 660. The van der Waals surface area contributed by atoms with E-state index in [9.17, 15) is 0 Å². The second-order valence-electron chi connectivity index (χ2n) is 6.63. The highest BCUT2D eigenvalue weighted by molar-refractivity contribution is 5.48. The molecule has 1 aliphatic carbocycles. The Balaban J connectivity index is 2.01. The summed E-state index contributed by atoms with van der Waals surface area (Å²) >= 11 is 0. The third-order valence-corrected chi connectivity index (χ3v) is 4.57. The van der Waals surface area contributed by atoms with Crippen molar-refractivity contribution in [3.05, 3.63) is 90.1 Å². The molecule has 0 saturated heterocycles. The van der Waals surface area contributed by atoms with Gasteiger partial charge in [0.25, 0.3) is 0 Å². The van der Waals surface area contributed by atoms with Crippen LogP contribution in [0.4, 0.5) is 0 Å². The van der Waals surface area contributed by atoms with Crippen LogP contribution in [-0.4, -0.2) is 24.5 Å². The summed E-state index contributed by atoms with van der Waals surface area (Å²) in [4.78, 5) is 2.59. The molecule has 0 fully saturated rings. The maximum atomic E-state index is 3.91. The van der Waals surface area contributed by atoms with Crippen molar-refractivity contribution in [1.82, 2.24) is 4.90 Å². The molecular weight excluding hydrogens is 302 g/mol. The molecule has 0 radical (unpaired) electrons. The zero-order valence-corrected chi connectivity index (χ0v) is 15.6. The summed E-state index contributed by atoms with van der Waals surface area (Å²) in [5, 5.41) is 0. The molecule has 0 aromatic heterocycles. The topological polar surface area (TPSA) is 3.24 Å². The van der Waals surface area contributed by atoms with E-state index in [2.05, 4.69) is 73.6 Å². The highest BCUT2D eigenvalue weighted by atomic mass is 15.1. The molecule has 1 aliphatic rings. The molecule has 0 amide bonds. The van der Waals surface area contributed by atoms with Gasteiger partial charge in [-0.1, -0.05) is 92.8 Å². The molecule has 1 aromatic rings. The number of hydrogen-bond acceptors (Lipinski definition) is 1. The van der Waals surface area contributed by atoms with Gasteiger partial charge in [-0.2, -0.15) is 0 Å². The summed E-state index contributed by atoms with van der Waals surface area (Å²) in [5.74, 6) is 0. The van der Waals surface area contributed by atoms with Crippen molar-refractivity contribution in [2.45, 2.75) is 32.6 Å². The van der Waals surface area contributed by atoms with Crippen LogP contribution in [0.25, 0.3) is 6.08 Å². The van der Waals surface area contributed by atoms with Gasteiger partial charge in [0.1, 0.15) is 0 Å². The average Bonchev–Trinajstić information content (AvgIpc) is 2.89. The molecule has 2 rings (SSSR count). The van der Waals surface area contributed by atoms with E-state index in [1.54, 1.807) is 0 Å². The summed E-state index contributed by atoms with van der Waals surface area (Å²) in [6.45, 7) is 13.3. The van der Waals surface area contributed by atoms with Crippen molar-refractivity contribution in [3.63, 3.8) is 0 Å². The molecule has 1 nitrogen and oxygen atoms in total. The number of nitrogens with zero attached hydrogens (tertiary/aromatic N) is 1. The van der Waals surface area contributed by atoms with Crippen LogP contribution in [0.5, 0.6) is 0 Å². The van der Waals surface area contributed by atoms with E-state index in [0.29, 0.717) is 0 Å². The van der Waals surface area contributed by atoms with Gasteiger partial charge >= 0.3 is 0 Å². The van der Waals surface area contributed by atoms with E-state index < -0.39 is 0 Å². The fourth-order valence-electron chi connectivity index (χ4n) is 3.08. The number of hydrogen-bond donors (Lipinski definition) is 0. The Morgan fingerprint density at radius 2 is 2.04 bits per heavy atom. The van der Waals surface area contributed by atoms with E-state index in [1.807, 2.05) is 12.2 Å². The molecule has 1 heteroatoms. The molecule has 1 aromatic carbocycles. The monoisotopic (exact) mass is 333 g/mol. The first-order valence-corrected chi connectivity index (χ1v) is 9.37. The first-order valence-electron chi connectivity index (χ1n) is 9.37. The van der Waals surface area contributed by atoms with Gasteiger partial charge < -0.3 is 0 Å². The molecule has 25 heavy (non-hydrogen) atoms. The number of unbranched alkanes of at least 4 members (excludes halogenated alkanes) is 1. The first kappa shape index (κ1) is 19.2. The maximum Gasteiger partial charge on any atom is 0.0199 e. The van der Waals surface area contributed by atoms with Gasteiger partial charge in [-0.05, 0) is 42.5 Å². The van der Waals surface area contributed by atoms with Crippen molar-refractivity contribution in [2.24, 2.45) is 0 Å². The van der Waals surface area contributed by atoms with E-state index in [0.717, 1.165) is 32.5 Å². The van der Waals surface area contributed by atoms with Crippen LogP contribution in [0.3, 0.4) is 0 Å². The molecule has 0 spiro atoms. The van der Waals surface area contributed by atoms with E-state index in [1.165, 1.54) is 35.1 Å². The Kier molecular flexibility index (Phi) is 8.21. The minimum Gasteiger partial charge on any atom is -0.299 e. The van der Waals surface area contributed by atoms with Gasteiger partial charge in [-0.3, -0.25) is 4.90 Å². The van der Waals surface area contributed by atoms with Crippen molar-refractivity contribution in [2.75, 3.05) is 19.6 Å². The second kappa shape index (κ2) is 10.7. The van der Waals surface area contributed by atoms with Crippen LogP contribution in [-0.2, 0) is 6.42 Å². The summed E-state index contributed by atoms with van der Waals surface area (Å²) in [7, 11) is 0. The second-order valence-corrected chi connectivity index (χ2v) is 6.63. The Morgan fingerprint density at radius 1 is 1.16 bits per heavy atom. The lowest BCUT2D eigenvalue weighted by Crippen LogP contribution is -2.29. The summed E-state index contributed by atoms with van der Waals surface area (Å²) in [6.07, 6.45) is 17.3. The smallest absolute Gasteiger partial charge is 0.0199 e. The van der Waals surface area contributed by atoms with Gasteiger partial charge in [0.05, 0.1) is 0 Å². The minimum absolute atomic E-state index is 1.03. The largest absolute Gasteiger partial charge is 0.299 e. The van der Waals surface area contributed by atoms with E-state index in [-0.39, 0.29) is 0 Å². The van der Waals surface area contributed by atoms with Gasteiger partial charge in [-0.25, -0.2) is 0 Å². The quantitative estimate of drug-likeness (QED) is 0.509. The van der Waals surface area contributed by atoms with Crippen LogP contribution >= 0.6 is 0 Å². The van der Waals surface area contributed by atoms with Crippen LogP contribution in [0.1, 0.15) is 37.3 Å². The lowest BCUT2D eigenvalue weighted by atomic mass is 10.1. The first-order chi connectivity index (χ1) is 12.2.